The summed E-state index contributed by atoms with van der Waals surface area (Å²) in [6.45, 7) is 0.805. The zero-order chi connectivity index (χ0) is 16.5. The predicted molar refractivity (Wildman–Crippen MR) is 104 cm³/mol. The third-order valence-electron chi connectivity index (χ3n) is 3.94. The highest BCUT2D eigenvalue weighted by Crippen LogP contribution is 2.30. The van der Waals surface area contributed by atoms with Crippen LogP contribution in [0.4, 0.5) is 4.79 Å². The van der Waals surface area contributed by atoms with Crippen molar-refractivity contribution in [3.63, 3.8) is 0 Å². The average Bonchev–Trinajstić information content (AvgIpc) is 3.09. The molecule has 3 aromatic rings. The van der Waals surface area contributed by atoms with Gasteiger partial charge in [-0.25, -0.2) is 0 Å². The molecule has 2 heterocycles. The van der Waals surface area contributed by atoms with E-state index >= 15 is 0 Å². The quantitative estimate of drug-likeness (QED) is 0.543. The molecule has 1 saturated heterocycles. The number of carbonyl (C=O) groups is 1. The second-order valence-corrected chi connectivity index (χ2v) is 6.99. The SMILES string of the molecule is O=C1NC(=S)/C(=C/c2cn(Cc3ccccc3)c3ccccc23)S1. The number of rotatable bonds is 3. The molecule has 0 atom stereocenters. The first-order chi connectivity index (χ1) is 11.7. The number of hydrogen-bond donors (Lipinski definition) is 1. The second kappa shape index (κ2) is 6.26. The number of hydrogen-bond acceptors (Lipinski definition) is 3. The van der Waals surface area contributed by atoms with E-state index < -0.39 is 0 Å². The molecule has 5 heteroatoms. The van der Waals surface area contributed by atoms with Gasteiger partial charge in [-0.2, -0.15) is 0 Å². The summed E-state index contributed by atoms with van der Waals surface area (Å²) in [5.74, 6) is 0. The van der Waals surface area contributed by atoms with E-state index in [4.69, 9.17) is 12.2 Å². The third-order valence-corrected chi connectivity index (χ3v) is 5.22. The van der Waals surface area contributed by atoms with Crippen molar-refractivity contribution in [3.8, 4) is 0 Å². The van der Waals surface area contributed by atoms with Crippen molar-refractivity contribution in [1.82, 2.24) is 9.88 Å². The van der Waals surface area contributed by atoms with Crippen molar-refractivity contribution in [3.05, 3.63) is 76.8 Å². The Kier molecular flexibility index (Phi) is 3.96. The summed E-state index contributed by atoms with van der Waals surface area (Å²) in [5, 5.41) is 3.71. The lowest BCUT2D eigenvalue weighted by Gasteiger charge is -2.05. The van der Waals surface area contributed by atoms with Gasteiger partial charge in [0.25, 0.3) is 5.24 Å². The van der Waals surface area contributed by atoms with E-state index in [1.807, 2.05) is 24.3 Å². The van der Waals surface area contributed by atoms with Crippen molar-refractivity contribution in [1.29, 1.82) is 0 Å². The highest BCUT2D eigenvalue weighted by molar-refractivity contribution is 8.19. The average molecular weight is 350 g/mol. The molecule has 1 aliphatic rings. The molecule has 0 aliphatic carbocycles. The molecule has 1 fully saturated rings. The summed E-state index contributed by atoms with van der Waals surface area (Å²) in [6.07, 6.45) is 4.12. The minimum atomic E-state index is -0.112. The van der Waals surface area contributed by atoms with E-state index in [-0.39, 0.29) is 5.24 Å². The molecule has 1 aromatic heterocycles. The number of carbonyl (C=O) groups excluding carboxylic acids is 1. The molecule has 3 nitrogen and oxygen atoms in total. The lowest BCUT2D eigenvalue weighted by Crippen LogP contribution is -2.15. The maximum atomic E-state index is 11.5. The maximum absolute atomic E-state index is 11.5. The number of benzene rings is 2. The molecule has 1 amide bonds. The fraction of sp³-hybridized carbons (Fsp3) is 0.0526. The van der Waals surface area contributed by atoms with Crippen LogP contribution >= 0.6 is 24.0 Å². The zero-order valence-corrected chi connectivity index (χ0v) is 14.4. The van der Waals surface area contributed by atoms with Crippen molar-refractivity contribution >= 4 is 51.2 Å². The van der Waals surface area contributed by atoms with Gasteiger partial charge in [0.1, 0.15) is 4.99 Å². The first-order valence-corrected chi connectivity index (χ1v) is 8.80. The van der Waals surface area contributed by atoms with Gasteiger partial charge in [0.15, 0.2) is 0 Å². The molecule has 4 rings (SSSR count). The molecule has 0 bridgehead atoms. The molecule has 118 valence electrons. The number of aromatic nitrogens is 1. The van der Waals surface area contributed by atoms with Crippen molar-refractivity contribution < 1.29 is 4.79 Å². The van der Waals surface area contributed by atoms with Gasteiger partial charge >= 0.3 is 0 Å². The number of nitrogens with one attached hydrogen (secondary N) is 1. The Balaban J connectivity index is 1.78. The fourth-order valence-electron chi connectivity index (χ4n) is 2.86. The zero-order valence-electron chi connectivity index (χ0n) is 12.7. The smallest absolute Gasteiger partial charge is 0.289 e. The monoisotopic (exact) mass is 350 g/mol. The molecular formula is C19H14N2OS2. The van der Waals surface area contributed by atoms with E-state index in [1.54, 1.807) is 0 Å². The van der Waals surface area contributed by atoms with Gasteiger partial charge in [-0.1, -0.05) is 60.7 Å². The minimum Gasteiger partial charge on any atom is -0.342 e. The normalized spacial score (nSPS) is 16.1. The maximum Gasteiger partial charge on any atom is 0.289 e. The van der Waals surface area contributed by atoms with Crippen LogP contribution in [0.5, 0.6) is 0 Å². The van der Waals surface area contributed by atoms with Crippen LogP contribution in [0.25, 0.3) is 17.0 Å². The summed E-state index contributed by atoms with van der Waals surface area (Å²) < 4.78 is 2.23. The molecule has 0 saturated carbocycles. The van der Waals surface area contributed by atoms with E-state index in [9.17, 15) is 4.79 Å². The topological polar surface area (TPSA) is 34.0 Å². The predicted octanol–water partition coefficient (Wildman–Crippen LogP) is 4.81. The second-order valence-electron chi connectivity index (χ2n) is 5.57. The summed E-state index contributed by atoms with van der Waals surface area (Å²) in [4.78, 5) is 12.8. The molecule has 1 N–H and O–H groups in total. The molecule has 1 aliphatic heterocycles. The highest BCUT2D eigenvalue weighted by Gasteiger charge is 2.22. The lowest BCUT2D eigenvalue weighted by atomic mass is 10.1. The number of fused-ring (bicyclic) bond motifs is 1. The van der Waals surface area contributed by atoms with Crippen molar-refractivity contribution in [2.24, 2.45) is 0 Å². The summed E-state index contributed by atoms with van der Waals surface area (Å²) in [6, 6.07) is 18.7. The van der Waals surface area contributed by atoms with E-state index in [2.05, 4.69) is 52.5 Å². The van der Waals surface area contributed by atoms with Crippen molar-refractivity contribution in [2.75, 3.05) is 0 Å². The van der Waals surface area contributed by atoms with Crippen LogP contribution in [0.3, 0.4) is 0 Å². The summed E-state index contributed by atoms with van der Waals surface area (Å²) in [5.41, 5.74) is 3.49. The Morgan fingerprint density at radius 2 is 1.83 bits per heavy atom. The highest BCUT2D eigenvalue weighted by atomic mass is 32.2. The molecule has 0 unspecified atom stereocenters. The number of amides is 1. The Morgan fingerprint density at radius 1 is 1.08 bits per heavy atom. The fourth-order valence-corrected chi connectivity index (χ4v) is 3.89. The van der Waals surface area contributed by atoms with Gasteiger partial charge in [-0.3, -0.25) is 4.79 Å². The van der Waals surface area contributed by atoms with Gasteiger partial charge < -0.3 is 9.88 Å². The summed E-state index contributed by atoms with van der Waals surface area (Å²) in [7, 11) is 0. The summed E-state index contributed by atoms with van der Waals surface area (Å²) >= 11 is 6.37. The minimum absolute atomic E-state index is 0.112. The molecule has 0 spiro atoms. The number of nitrogens with zero attached hydrogens (tertiary/aromatic N) is 1. The number of thioether (sulfide) groups is 1. The lowest BCUT2D eigenvalue weighted by molar-refractivity contribution is 0.265. The van der Waals surface area contributed by atoms with Crippen LogP contribution < -0.4 is 5.32 Å². The standard InChI is InChI=1S/C19H14N2OS2/c22-19-20-18(23)17(24-19)10-14-12-21(11-13-6-2-1-3-7-13)16-9-5-4-8-15(14)16/h1-10,12H,11H2,(H,20,22,23)/b17-10-. The van der Waals surface area contributed by atoms with E-state index in [1.165, 1.54) is 11.1 Å². The first kappa shape index (κ1) is 15.2. The van der Waals surface area contributed by atoms with Gasteiger partial charge in [-0.05, 0) is 29.5 Å². The van der Waals surface area contributed by atoms with E-state index in [0.29, 0.717) is 4.99 Å². The third kappa shape index (κ3) is 2.88. The largest absolute Gasteiger partial charge is 0.342 e. The van der Waals surface area contributed by atoms with Crippen LogP contribution in [0.1, 0.15) is 11.1 Å². The Hall–Kier alpha value is -2.37. The van der Waals surface area contributed by atoms with Crippen LogP contribution in [-0.4, -0.2) is 14.8 Å². The van der Waals surface area contributed by atoms with Gasteiger partial charge in [0, 0.05) is 29.2 Å². The van der Waals surface area contributed by atoms with Gasteiger partial charge in [0.2, 0.25) is 0 Å². The number of para-hydroxylation sites is 1. The molecule has 24 heavy (non-hydrogen) atoms. The van der Waals surface area contributed by atoms with Crippen LogP contribution in [0.2, 0.25) is 0 Å². The van der Waals surface area contributed by atoms with Gasteiger partial charge in [-0.15, -0.1) is 0 Å². The first-order valence-electron chi connectivity index (χ1n) is 7.57. The van der Waals surface area contributed by atoms with Crippen LogP contribution in [-0.2, 0) is 6.54 Å². The van der Waals surface area contributed by atoms with E-state index in [0.717, 1.165) is 34.2 Å². The van der Waals surface area contributed by atoms with Gasteiger partial charge in [0.05, 0.1) is 4.91 Å². The Morgan fingerprint density at radius 3 is 2.58 bits per heavy atom. The molecule has 2 aromatic carbocycles. The van der Waals surface area contributed by atoms with Crippen LogP contribution in [0, 0.1) is 0 Å². The van der Waals surface area contributed by atoms with Crippen molar-refractivity contribution in [2.45, 2.75) is 6.54 Å². The Labute approximate surface area is 149 Å². The molecular weight excluding hydrogens is 336 g/mol. The molecule has 0 radical (unpaired) electrons. The van der Waals surface area contributed by atoms with Crippen LogP contribution in [0.15, 0.2) is 65.7 Å². The Bertz CT molecular complexity index is 973. The number of thiocarbonyl (C=S) groups is 1.